The Hall–Kier alpha value is -1.46. The molecule has 0 saturated carbocycles. The first kappa shape index (κ1) is 12.0. The van der Waals surface area contributed by atoms with Crippen LogP contribution in [-0.4, -0.2) is 15.1 Å². The van der Waals surface area contributed by atoms with E-state index in [0.29, 0.717) is 12.2 Å². The van der Waals surface area contributed by atoms with Crippen molar-refractivity contribution in [3.8, 4) is 0 Å². The molecule has 0 spiro atoms. The Bertz CT molecular complexity index is 519. The summed E-state index contributed by atoms with van der Waals surface area (Å²) in [5.41, 5.74) is 7.32. The molecule has 3 N–H and O–H groups in total. The van der Waals surface area contributed by atoms with Crippen LogP contribution in [0.15, 0.2) is 41.3 Å². The van der Waals surface area contributed by atoms with E-state index >= 15 is 0 Å². The van der Waals surface area contributed by atoms with Gasteiger partial charge in [0, 0.05) is 35.0 Å². The Morgan fingerprint density at radius 1 is 1.41 bits per heavy atom. The monoisotopic (exact) mass is 293 g/mol. The van der Waals surface area contributed by atoms with Crippen molar-refractivity contribution in [3.63, 3.8) is 0 Å². The van der Waals surface area contributed by atoms with Gasteiger partial charge in [-0.2, -0.15) is 0 Å². The third-order valence-electron chi connectivity index (χ3n) is 2.45. The second kappa shape index (κ2) is 5.25. The molecule has 0 radical (unpaired) electrons. The number of aliphatic hydroxyl groups is 1. The lowest BCUT2D eigenvalue weighted by Crippen LogP contribution is -2.05. The van der Waals surface area contributed by atoms with Crippen LogP contribution in [-0.2, 0) is 6.42 Å². The molecule has 1 atom stereocenters. The molecule has 2 aromatic heterocycles. The molecule has 1 unspecified atom stereocenters. The normalized spacial score (nSPS) is 12.4. The quantitative estimate of drug-likeness (QED) is 0.909. The van der Waals surface area contributed by atoms with Gasteiger partial charge in [-0.15, -0.1) is 0 Å². The van der Waals surface area contributed by atoms with Crippen LogP contribution in [0.2, 0.25) is 0 Å². The molecule has 0 saturated heterocycles. The maximum Gasteiger partial charge on any atom is 0.126 e. The van der Waals surface area contributed by atoms with E-state index in [1.54, 1.807) is 24.7 Å². The van der Waals surface area contributed by atoms with Gasteiger partial charge in [-0.3, -0.25) is 4.98 Å². The first-order chi connectivity index (χ1) is 8.16. The van der Waals surface area contributed by atoms with Crippen LogP contribution in [0.25, 0.3) is 0 Å². The van der Waals surface area contributed by atoms with Crippen molar-refractivity contribution in [1.29, 1.82) is 0 Å². The molecule has 5 heteroatoms. The largest absolute Gasteiger partial charge is 0.388 e. The van der Waals surface area contributed by atoms with Gasteiger partial charge in [0.15, 0.2) is 0 Å². The minimum atomic E-state index is -0.633. The minimum Gasteiger partial charge on any atom is -0.388 e. The maximum absolute atomic E-state index is 10.1. The molecule has 0 aromatic carbocycles. The predicted octanol–water partition coefficient (Wildman–Crippen LogP) is 2.10. The second-order valence-electron chi connectivity index (χ2n) is 3.70. The smallest absolute Gasteiger partial charge is 0.126 e. The fraction of sp³-hybridized carbons (Fsp3) is 0.167. The van der Waals surface area contributed by atoms with Crippen LogP contribution < -0.4 is 5.73 Å². The maximum atomic E-state index is 10.1. The van der Waals surface area contributed by atoms with E-state index in [1.807, 2.05) is 12.1 Å². The van der Waals surface area contributed by atoms with Crippen molar-refractivity contribution < 1.29 is 5.11 Å². The molecule has 0 bridgehead atoms. The molecular weight excluding hydrogens is 282 g/mol. The SMILES string of the molecule is Nc1ncccc1CC(O)c1cncc(Br)c1. The average Bonchev–Trinajstić information content (AvgIpc) is 2.32. The lowest BCUT2D eigenvalue weighted by atomic mass is 10.0. The molecule has 2 rings (SSSR count). The van der Waals surface area contributed by atoms with E-state index in [2.05, 4.69) is 25.9 Å². The number of rotatable bonds is 3. The fourth-order valence-electron chi connectivity index (χ4n) is 1.56. The number of nitrogens with zero attached hydrogens (tertiary/aromatic N) is 2. The topological polar surface area (TPSA) is 72.0 Å². The molecule has 0 aliphatic rings. The van der Waals surface area contributed by atoms with E-state index in [1.165, 1.54) is 0 Å². The van der Waals surface area contributed by atoms with Gasteiger partial charge in [0.2, 0.25) is 0 Å². The highest BCUT2D eigenvalue weighted by atomic mass is 79.9. The third-order valence-corrected chi connectivity index (χ3v) is 2.88. The summed E-state index contributed by atoms with van der Waals surface area (Å²) in [7, 11) is 0. The Balaban J connectivity index is 2.17. The summed E-state index contributed by atoms with van der Waals surface area (Å²) in [6.07, 6.45) is 4.74. The number of nitrogen functional groups attached to an aromatic ring is 1. The molecule has 0 fully saturated rings. The lowest BCUT2D eigenvalue weighted by molar-refractivity contribution is 0.178. The van der Waals surface area contributed by atoms with Gasteiger partial charge in [0.05, 0.1) is 6.10 Å². The Morgan fingerprint density at radius 2 is 2.24 bits per heavy atom. The third kappa shape index (κ3) is 3.01. The predicted molar refractivity (Wildman–Crippen MR) is 69.3 cm³/mol. The molecule has 4 nitrogen and oxygen atoms in total. The summed E-state index contributed by atoms with van der Waals surface area (Å²) in [6.45, 7) is 0. The molecule has 0 aliphatic heterocycles. The second-order valence-corrected chi connectivity index (χ2v) is 4.62. The Kier molecular flexibility index (Phi) is 3.71. The zero-order valence-corrected chi connectivity index (χ0v) is 10.6. The summed E-state index contributed by atoms with van der Waals surface area (Å²) in [5.74, 6) is 0.453. The standard InChI is InChI=1S/C12H12BrN3O/c13-10-4-9(6-15-7-10)11(17)5-8-2-1-3-16-12(8)14/h1-4,6-7,11,17H,5H2,(H2,14,16). The van der Waals surface area contributed by atoms with E-state index in [4.69, 9.17) is 5.73 Å². The zero-order chi connectivity index (χ0) is 12.3. The average molecular weight is 294 g/mol. The molecule has 0 aliphatic carbocycles. The summed E-state index contributed by atoms with van der Waals surface area (Å²) in [5, 5.41) is 10.1. The number of nitrogens with two attached hydrogens (primary N) is 1. The highest BCUT2D eigenvalue weighted by Gasteiger charge is 2.11. The number of aromatic nitrogens is 2. The summed E-state index contributed by atoms with van der Waals surface area (Å²) in [6, 6.07) is 5.50. The van der Waals surface area contributed by atoms with E-state index < -0.39 is 6.10 Å². The lowest BCUT2D eigenvalue weighted by Gasteiger charge is -2.11. The van der Waals surface area contributed by atoms with E-state index in [9.17, 15) is 5.11 Å². The number of hydrogen-bond donors (Lipinski definition) is 2. The van der Waals surface area contributed by atoms with Gasteiger partial charge in [-0.05, 0) is 33.6 Å². The van der Waals surface area contributed by atoms with Crippen LogP contribution in [0.5, 0.6) is 0 Å². The fourth-order valence-corrected chi connectivity index (χ4v) is 1.94. The van der Waals surface area contributed by atoms with Gasteiger partial charge in [-0.1, -0.05) is 6.07 Å². The minimum absolute atomic E-state index is 0.428. The van der Waals surface area contributed by atoms with Gasteiger partial charge < -0.3 is 10.8 Å². The van der Waals surface area contributed by atoms with Crippen molar-refractivity contribution in [2.24, 2.45) is 0 Å². The summed E-state index contributed by atoms with van der Waals surface area (Å²) >= 11 is 3.32. The van der Waals surface area contributed by atoms with E-state index in [-0.39, 0.29) is 0 Å². The zero-order valence-electron chi connectivity index (χ0n) is 9.05. The molecule has 88 valence electrons. The van der Waals surface area contributed by atoms with Gasteiger partial charge in [0.25, 0.3) is 0 Å². The van der Waals surface area contributed by atoms with Crippen molar-refractivity contribution in [2.45, 2.75) is 12.5 Å². The van der Waals surface area contributed by atoms with Crippen molar-refractivity contribution in [3.05, 3.63) is 52.4 Å². The molecule has 17 heavy (non-hydrogen) atoms. The number of hydrogen-bond acceptors (Lipinski definition) is 4. The van der Waals surface area contributed by atoms with Crippen LogP contribution in [0.1, 0.15) is 17.2 Å². The highest BCUT2D eigenvalue weighted by Crippen LogP contribution is 2.22. The first-order valence-corrected chi connectivity index (χ1v) is 5.94. The summed E-state index contributed by atoms with van der Waals surface area (Å²) < 4.78 is 0.841. The summed E-state index contributed by atoms with van der Waals surface area (Å²) in [4.78, 5) is 8.00. The molecule has 2 aromatic rings. The number of pyridine rings is 2. The number of halogens is 1. The highest BCUT2D eigenvalue weighted by molar-refractivity contribution is 9.10. The van der Waals surface area contributed by atoms with Crippen molar-refractivity contribution in [2.75, 3.05) is 5.73 Å². The Labute approximate surface area is 108 Å². The van der Waals surface area contributed by atoms with Crippen molar-refractivity contribution in [1.82, 2.24) is 9.97 Å². The van der Waals surface area contributed by atoms with Gasteiger partial charge in [-0.25, -0.2) is 4.98 Å². The van der Waals surface area contributed by atoms with Crippen LogP contribution >= 0.6 is 15.9 Å². The Morgan fingerprint density at radius 3 is 2.94 bits per heavy atom. The molecular formula is C12H12BrN3O. The molecule has 0 amide bonds. The van der Waals surface area contributed by atoms with Crippen LogP contribution in [0, 0.1) is 0 Å². The number of aliphatic hydroxyl groups excluding tert-OH is 1. The van der Waals surface area contributed by atoms with Gasteiger partial charge in [0.1, 0.15) is 5.82 Å². The van der Waals surface area contributed by atoms with Gasteiger partial charge >= 0.3 is 0 Å². The first-order valence-electron chi connectivity index (χ1n) is 5.14. The van der Waals surface area contributed by atoms with Crippen LogP contribution in [0.4, 0.5) is 5.82 Å². The van der Waals surface area contributed by atoms with E-state index in [0.717, 1.165) is 15.6 Å². The molecule has 2 heterocycles. The van der Waals surface area contributed by atoms with Crippen LogP contribution in [0.3, 0.4) is 0 Å². The van der Waals surface area contributed by atoms with Crippen molar-refractivity contribution >= 4 is 21.7 Å². The number of anilines is 1.